The molecule has 2 rings (SSSR count). The Labute approximate surface area is 114 Å². The number of rotatable bonds is 5. The lowest BCUT2D eigenvalue weighted by atomic mass is 10.0. The van der Waals surface area contributed by atoms with Gasteiger partial charge in [0, 0.05) is 18.0 Å². The van der Waals surface area contributed by atoms with Crippen LogP contribution in [0, 0.1) is 12.8 Å². The Bertz CT molecular complexity index is 534. The molecule has 1 atom stereocenters. The van der Waals surface area contributed by atoms with E-state index in [9.17, 15) is 0 Å². The number of benzene rings is 1. The normalized spacial score (nSPS) is 12.9. The summed E-state index contributed by atoms with van der Waals surface area (Å²) in [6, 6.07) is 8.48. The van der Waals surface area contributed by atoms with E-state index in [1.54, 1.807) is 0 Å². The molecule has 0 aliphatic rings. The fraction of sp³-hybridized carbons (Fsp3) is 0.467. The molecule has 0 radical (unpaired) electrons. The van der Waals surface area contributed by atoms with Crippen LogP contribution in [0.5, 0.6) is 0 Å². The number of nitrogens with one attached hydrogen (secondary N) is 1. The highest BCUT2D eigenvalue weighted by Crippen LogP contribution is 2.18. The van der Waals surface area contributed by atoms with Crippen LogP contribution in [0.1, 0.15) is 25.3 Å². The maximum absolute atomic E-state index is 5.34. The summed E-state index contributed by atoms with van der Waals surface area (Å²) in [6.45, 7) is 6.41. The Morgan fingerprint density at radius 1 is 1.32 bits per heavy atom. The smallest absolute Gasteiger partial charge is 0.228 e. The molecule has 0 aliphatic carbocycles. The van der Waals surface area contributed by atoms with Crippen LogP contribution in [-0.2, 0) is 6.42 Å². The first-order chi connectivity index (χ1) is 9.10. The van der Waals surface area contributed by atoms with Crippen molar-refractivity contribution in [3.8, 4) is 11.4 Å². The molecule has 0 bridgehead atoms. The summed E-state index contributed by atoms with van der Waals surface area (Å²) in [6.07, 6.45) is 0.757. The number of aromatic nitrogens is 2. The molecule has 0 saturated carbocycles. The lowest BCUT2D eigenvalue weighted by Gasteiger charge is -2.17. The van der Waals surface area contributed by atoms with Crippen LogP contribution in [0.15, 0.2) is 28.8 Å². The highest BCUT2D eigenvalue weighted by Gasteiger charge is 2.16. The maximum Gasteiger partial charge on any atom is 0.228 e. The molecule has 0 fully saturated rings. The van der Waals surface area contributed by atoms with Crippen molar-refractivity contribution in [1.82, 2.24) is 15.5 Å². The van der Waals surface area contributed by atoms with E-state index in [2.05, 4.69) is 48.4 Å². The fourth-order valence-electron chi connectivity index (χ4n) is 2.10. The molecule has 1 unspecified atom stereocenters. The van der Waals surface area contributed by atoms with Gasteiger partial charge in [0.25, 0.3) is 0 Å². The van der Waals surface area contributed by atoms with Crippen LogP contribution in [0.25, 0.3) is 11.4 Å². The molecular weight excluding hydrogens is 238 g/mol. The summed E-state index contributed by atoms with van der Waals surface area (Å²) in [5.74, 6) is 1.88. The lowest BCUT2D eigenvalue weighted by molar-refractivity contribution is 0.335. The van der Waals surface area contributed by atoms with E-state index < -0.39 is 0 Å². The van der Waals surface area contributed by atoms with Crippen molar-refractivity contribution < 1.29 is 4.52 Å². The monoisotopic (exact) mass is 259 g/mol. The van der Waals surface area contributed by atoms with Gasteiger partial charge in [-0.05, 0) is 26.0 Å². The van der Waals surface area contributed by atoms with E-state index in [1.165, 1.54) is 5.56 Å². The summed E-state index contributed by atoms with van der Waals surface area (Å²) in [5, 5.41) is 7.34. The van der Waals surface area contributed by atoms with Gasteiger partial charge >= 0.3 is 0 Å². The first-order valence-corrected chi connectivity index (χ1v) is 6.67. The average molecular weight is 259 g/mol. The van der Waals surface area contributed by atoms with Crippen molar-refractivity contribution in [1.29, 1.82) is 0 Å². The van der Waals surface area contributed by atoms with Gasteiger partial charge in [0.1, 0.15) is 0 Å². The molecule has 1 aromatic carbocycles. The van der Waals surface area contributed by atoms with Crippen molar-refractivity contribution >= 4 is 0 Å². The summed E-state index contributed by atoms with van der Waals surface area (Å²) in [4.78, 5) is 4.47. The molecule has 0 amide bonds. The largest absolute Gasteiger partial charge is 0.339 e. The standard InChI is InChI=1S/C15H21N3O/c1-10(2)13(16-4)9-14-17-15(18-19-14)12-7-5-6-11(3)8-12/h5-8,10,13,16H,9H2,1-4H3. The van der Waals surface area contributed by atoms with Gasteiger partial charge in [-0.1, -0.05) is 42.8 Å². The van der Waals surface area contributed by atoms with Crippen LogP contribution < -0.4 is 5.32 Å². The molecule has 1 N–H and O–H groups in total. The van der Waals surface area contributed by atoms with Crippen molar-refractivity contribution in [2.75, 3.05) is 7.05 Å². The second-order valence-electron chi connectivity index (χ2n) is 5.22. The molecule has 0 aliphatic heterocycles. The molecule has 1 aromatic heterocycles. The minimum absolute atomic E-state index is 0.353. The second kappa shape index (κ2) is 5.97. The van der Waals surface area contributed by atoms with Gasteiger partial charge in [0.05, 0.1) is 0 Å². The quantitative estimate of drug-likeness (QED) is 0.897. The van der Waals surface area contributed by atoms with Gasteiger partial charge < -0.3 is 9.84 Å². The van der Waals surface area contributed by atoms with Gasteiger partial charge in [-0.15, -0.1) is 0 Å². The third-order valence-corrected chi connectivity index (χ3v) is 3.31. The molecular formula is C15H21N3O. The van der Waals surface area contributed by atoms with Crippen molar-refractivity contribution in [3.63, 3.8) is 0 Å². The number of hydrogen-bond acceptors (Lipinski definition) is 4. The summed E-state index contributed by atoms with van der Waals surface area (Å²) >= 11 is 0. The number of likely N-dealkylation sites (N-methyl/N-ethyl adjacent to an activating group) is 1. The van der Waals surface area contributed by atoms with Crippen molar-refractivity contribution in [3.05, 3.63) is 35.7 Å². The third kappa shape index (κ3) is 3.41. The Morgan fingerprint density at radius 3 is 2.74 bits per heavy atom. The highest BCUT2D eigenvalue weighted by molar-refractivity contribution is 5.55. The summed E-state index contributed by atoms with van der Waals surface area (Å²) in [7, 11) is 1.96. The molecule has 19 heavy (non-hydrogen) atoms. The number of nitrogens with zero attached hydrogens (tertiary/aromatic N) is 2. The third-order valence-electron chi connectivity index (χ3n) is 3.31. The van der Waals surface area contributed by atoms with E-state index in [4.69, 9.17) is 4.52 Å². The predicted octanol–water partition coefficient (Wildman–Crippen LogP) is 2.83. The lowest BCUT2D eigenvalue weighted by Crippen LogP contribution is -2.32. The summed E-state index contributed by atoms with van der Waals surface area (Å²) in [5.41, 5.74) is 2.19. The van der Waals surface area contributed by atoms with Gasteiger partial charge in [-0.3, -0.25) is 0 Å². The molecule has 4 heteroatoms. The Morgan fingerprint density at radius 2 is 2.11 bits per heavy atom. The van der Waals surface area contributed by atoms with Crippen LogP contribution >= 0.6 is 0 Å². The Balaban J connectivity index is 2.15. The molecule has 0 saturated heterocycles. The molecule has 1 heterocycles. The Hall–Kier alpha value is -1.68. The maximum atomic E-state index is 5.34. The van der Waals surface area contributed by atoms with Crippen LogP contribution in [-0.4, -0.2) is 23.2 Å². The summed E-state index contributed by atoms with van der Waals surface area (Å²) < 4.78 is 5.34. The first-order valence-electron chi connectivity index (χ1n) is 6.67. The average Bonchev–Trinajstić information content (AvgIpc) is 2.84. The van der Waals surface area contributed by atoms with Crippen LogP contribution in [0.2, 0.25) is 0 Å². The molecule has 102 valence electrons. The van der Waals surface area contributed by atoms with E-state index in [0.717, 1.165) is 12.0 Å². The minimum Gasteiger partial charge on any atom is -0.339 e. The highest BCUT2D eigenvalue weighted by atomic mass is 16.5. The van der Waals surface area contributed by atoms with E-state index >= 15 is 0 Å². The van der Waals surface area contributed by atoms with Crippen molar-refractivity contribution in [2.24, 2.45) is 5.92 Å². The molecule has 0 spiro atoms. The zero-order chi connectivity index (χ0) is 13.8. The van der Waals surface area contributed by atoms with E-state index in [-0.39, 0.29) is 0 Å². The first kappa shape index (κ1) is 13.7. The van der Waals surface area contributed by atoms with Crippen LogP contribution in [0.3, 0.4) is 0 Å². The zero-order valence-electron chi connectivity index (χ0n) is 12.0. The second-order valence-corrected chi connectivity index (χ2v) is 5.22. The SMILES string of the molecule is CNC(Cc1nc(-c2cccc(C)c2)no1)C(C)C. The molecule has 4 nitrogen and oxygen atoms in total. The van der Waals surface area contributed by atoms with Gasteiger partial charge in [0.15, 0.2) is 0 Å². The minimum atomic E-state index is 0.353. The Kier molecular flexibility index (Phi) is 4.32. The topological polar surface area (TPSA) is 51.0 Å². The van der Waals surface area contributed by atoms with Gasteiger partial charge in [-0.25, -0.2) is 0 Å². The number of hydrogen-bond donors (Lipinski definition) is 1. The van der Waals surface area contributed by atoms with Crippen LogP contribution in [0.4, 0.5) is 0 Å². The zero-order valence-corrected chi connectivity index (χ0v) is 12.0. The van der Waals surface area contributed by atoms with Gasteiger partial charge in [0.2, 0.25) is 11.7 Å². The fourth-order valence-corrected chi connectivity index (χ4v) is 2.10. The van der Waals surface area contributed by atoms with Crippen molar-refractivity contribution in [2.45, 2.75) is 33.2 Å². The number of aryl methyl sites for hydroxylation is 1. The molecule has 2 aromatic rings. The van der Waals surface area contributed by atoms with Gasteiger partial charge in [-0.2, -0.15) is 4.98 Å². The predicted molar refractivity (Wildman–Crippen MR) is 75.9 cm³/mol. The van der Waals surface area contributed by atoms with E-state index in [1.807, 2.05) is 19.2 Å². The van der Waals surface area contributed by atoms with E-state index in [0.29, 0.717) is 23.7 Å².